The van der Waals surface area contributed by atoms with Crippen molar-refractivity contribution in [3.8, 4) is 0 Å². The lowest BCUT2D eigenvalue weighted by Gasteiger charge is -2.22. The number of aromatic nitrogens is 2. The Labute approximate surface area is 119 Å². The molecule has 1 aromatic heterocycles. The van der Waals surface area contributed by atoms with Gasteiger partial charge in [-0.2, -0.15) is 5.10 Å². The average Bonchev–Trinajstić information content (AvgIpc) is 2.84. The van der Waals surface area contributed by atoms with Crippen molar-refractivity contribution in [2.75, 3.05) is 3.53 Å². The lowest BCUT2D eigenvalue weighted by molar-refractivity contribution is 0.181. The maximum atomic E-state index is 9.65. The maximum Gasteiger partial charge on any atom is 0.133 e. The molecule has 1 aliphatic carbocycles. The number of anilines is 1. The molecule has 1 aliphatic rings. The zero-order chi connectivity index (χ0) is 13.3. The molecule has 0 aliphatic heterocycles. The molecule has 4 nitrogen and oxygen atoms in total. The quantitative estimate of drug-likeness (QED) is 0.641. The largest absolute Gasteiger partial charge is 0.393 e. The fraction of sp³-hybridized carbons (Fsp3) is 0.692. The predicted molar refractivity (Wildman–Crippen MR) is 84.6 cm³/mol. The molecule has 18 heavy (non-hydrogen) atoms. The highest BCUT2D eigenvalue weighted by Crippen LogP contribution is 2.36. The SMILES string of the molecule is C=INc1cc([C@H]2CC[C@@H](O)C2)nn1C(C)(C)C. The van der Waals surface area contributed by atoms with Crippen LogP contribution in [0.3, 0.4) is 0 Å². The Bertz CT molecular complexity index is 436. The van der Waals surface area contributed by atoms with Gasteiger partial charge in [-0.15, -0.1) is 0 Å². The van der Waals surface area contributed by atoms with Gasteiger partial charge in [0.25, 0.3) is 0 Å². The first kappa shape index (κ1) is 14.0. The first-order valence-electron chi connectivity index (χ1n) is 6.33. The summed E-state index contributed by atoms with van der Waals surface area (Å²) in [6, 6.07) is 2.14. The molecular weight excluding hydrogens is 341 g/mol. The van der Waals surface area contributed by atoms with Crippen LogP contribution in [0.5, 0.6) is 0 Å². The molecule has 0 bridgehead atoms. The van der Waals surface area contributed by atoms with E-state index in [0.29, 0.717) is 5.92 Å². The van der Waals surface area contributed by atoms with E-state index in [1.165, 1.54) is 0 Å². The van der Waals surface area contributed by atoms with Crippen LogP contribution in [0.15, 0.2) is 6.07 Å². The van der Waals surface area contributed by atoms with Crippen LogP contribution in [0.1, 0.15) is 51.6 Å². The molecule has 0 radical (unpaired) electrons. The highest BCUT2D eigenvalue weighted by atomic mass is 127. The fourth-order valence-corrected chi connectivity index (χ4v) is 3.25. The predicted octanol–water partition coefficient (Wildman–Crippen LogP) is 3.00. The molecule has 2 N–H and O–H groups in total. The highest BCUT2D eigenvalue weighted by molar-refractivity contribution is 14.2. The third-order valence-corrected chi connectivity index (χ3v) is 4.28. The topological polar surface area (TPSA) is 50.1 Å². The number of hydrogen-bond donors (Lipinski definition) is 2. The van der Waals surface area contributed by atoms with E-state index >= 15 is 0 Å². The van der Waals surface area contributed by atoms with E-state index in [1.54, 1.807) is 0 Å². The second kappa shape index (κ2) is 5.28. The van der Waals surface area contributed by atoms with E-state index in [1.807, 2.05) is 0 Å². The van der Waals surface area contributed by atoms with Gasteiger partial charge in [-0.05, 0) is 65.6 Å². The Morgan fingerprint density at radius 3 is 2.72 bits per heavy atom. The van der Waals surface area contributed by atoms with Gasteiger partial charge in [-0.1, -0.05) is 0 Å². The fourth-order valence-electron chi connectivity index (χ4n) is 2.47. The van der Waals surface area contributed by atoms with Crippen molar-refractivity contribution in [2.45, 2.75) is 57.6 Å². The summed E-state index contributed by atoms with van der Waals surface area (Å²) in [5.41, 5.74) is 1.08. The number of nitrogens with one attached hydrogen (secondary N) is 1. The van der Waals surface area contributed by atoms with E-state index in [-0.39, 0.29) is 32.6 Å². The lowest BCUT2D eigenvalue weighted by Crippen LogP contribution is -2.24. The summed E-state index contributed by atoms with van der Waals surface area (Å²) in [4.78, 5) is 0. The molecule has 1 fully saturated rings. The van der Waals surface area contributed by atoms with Crippen molar-refractivity contribution in [2.24, 2.45) is 0 Å². The number of aliphatic hydroxyl groups excluding tert-OH is 1. The minimum absolute atomic E-state index is 0.0310. The summed E-state index contributed by atoms with van der Waals surface area (Å²) < 4.78 is 9.37. The first-order chi connectivity index (χ1) is 8.41. The highest BCUT2D eigenvalue weighted by Gasteiger charge is 2.28. The zero-order valence-electron chi connectivity index (χ0n) is 11.3. The Morgan fingerprint density at radius 2 is 2.22 bits per heavy atom. The molecule has 2 rings (SSSR count). The van der Waals surface area contributed by atoms with Gasteiger partial charge in [0.2, 0.25) is 0 Å². The first-order valence-corrected chi connectivity index (χ1v) is 8.94. The number of rotatable bonds is 3. The lowest BCUT2D eigenvalue weighted by atomic mass is 10.0. The molecule has 0 spiro atoms. The summed E-state index contributed by atoms with van der Waals surface area (Å²) in [7, 11) is 0. The normalized spacial score (nSPS) is 24.4. The van der Waals surface area contributed by atoms with E-state index in [4.69, 9.17) is 5.10 Å². The summed E-state index contributed by atoms with van der Waals surface area (Å²) >= 11 is -0.255. The average molecular weight is 363 g/mol. The maximum absolute atomic E-state index is 9.65. The molecule has 0 aromatic carbocycles. The van der Waals surface area contributed by atoms with E-state index in [0.717, 1.165) is 30.8 Å². The van der Waals surface area contributed by atoms with E-state index in [2.05, 4.69) is 39.6 Å². The van der Waals surface area contributed by atoms with Gasteiger partial charge in [0.15, 0.2) is 0 Å². The molecule has 2 atom stereocenters. The van der Waals surface area contributed by atoms with Crippen LogP contribution in [0.4, 0.5) is 5.82 Å². The molecule has 1 saturated carbocycles. The monoisotopic (exact) mass is 363 g/mol. The summed E-state index contributed by atoms with van der Waals surface area (Å²) in [6.45, 7) is 6.46. The zero-order valence-corrected chi connectivity index (χ0v) is 13.4. The molecule has 1 heterocycles. The van der Waals surface area contributed by atoms with E-state index < -0.39 is 0 Å². The van der Waals surface area contributed by atoms with Crippen LogP contribution in [0, 0.1) is 0 Å². The Hall–Kier alpha value is -0.430. The van der Waals surface area contributed by atoms with Gasteiger partial charge in [-0.25, -0.2) is 4.68 Å². The minimum atomic E-state index is -0.255. The summed E-state index contributed by atoms with van der Waals surface area (Å²) in [5, 5.41) is 14.4. The number of hydrogen-bond acceptors (Lipinski definition) is 3. The van der Waals surface area contributed by atoms with Crippen LogP contribution in [-0.2, 0) is 5.54 Å². The Kier molecular flexibility index (Phi) is 4.11. The molecule has 0 amide bonds. The van der Waals surface area contributed by atoms with Crippen molar-refractivity contribution in [1.82, 2.24) is 9.78 Å². The van der Waals surface area contributed by atoms with Crippen molar-refractivity contribution in [1.29, 1.82) is 0 Å². The smallest absolute Gasteiger partial charge is 0.133 e. The Morgan fingerprint density at radius 1 is 1.50 bits per heavy atom. The molecule has 0 saturated heterocycles. The van der Waals surface area contributed by atoms with Gasteiger partial charge in [-0.3, -0.25) is 0 Å². The van der Waals surface area contributed by atoms with Gasteiger partial charge in [0.1, 0.15) is 5.82 Å². The van der Waals surface area contributed by atoms with Crippen molar-refractivity contribution < 1.29 is 5.11 Å². The molecular formula is C13H22IN3O. The van der Waals surface area contributed by atoms with Gasteiger partial charge in [0, 0.05) is 12.0 Å². The van der Waals surface area contributed by atoms with Gasteiger partial charge < -0.3 is 8.64 Å². The van der Waals surface area contributed by atoms with Crippen LogP contribution < -0.4 is 3.53 Å². The number of aliphatic hydroxyl groups is 1. The standard InChI is InChI=1S/C13H22IN3O/c1-13(2,3)17-12(15-14-4)8-11(16-17)9-5-6-10(18)7-9/h8-10,15,18H,4-7H2,1-3H3/t9-,10+/m0/s1. The Balaban J connectivity index is 2.30. The third kappa shape index (κ3) is 2.93. The molecule has 0 unspecified atom stereocenters. The second-order valence-electron chi connectivity index (χ2n) is 5.93. The van der Waals surface area contributed by atoms with E-state index in [9.17, 15) is 5.11 Å². The van der Waals surface area contributed by atoms with Crippen molar-refractivity contribution in [3.63, 3.8) is 0 Å². The molecule has 102 valence electrons. The second-order valence-corrected chi connectivity index (χ2v) is 7.23. The molecule has 1 aromatic rings. The summed E-state index contributed by atoms with van der Waals surface area (Å²) in [6.07, 6.45) is 2.64. The van der Waals surface area contributed by atoms with Crippen LogP contribution in [0.25, 0.3) is 0 Å². The third-order valence-electron chi connectivity index (χ3n) is 3.35. The van der Waals surface area contributed by atoms with Crippen molar-refractivity contribution >= 4 is 31.3 Å². The number of halogens is 1. The van der Waals surface area contributed by atoms with Crippen molar-refractivity contribution in [3.05, 3.63) is 11.8 Å². The van der Waals surface area contributed by atoms with Crippen LogP contribution in [0.2, 0.25) is 0 Å². The molecule has 5 heteroatoms. The van der Waals surface area contributed by atoms with Crippen LogP contribution in [-0.4, -0.2) is 25.5 Å². The van der Waals surface area contributed by atoms with Gasteiger partial charge in [0.05, 0.1) is 17.3 Å². The number of nitrogens with zero attached hydrogens (tertiary/aromatic N) is 2. The van der Waals surface area contributed by atoms with Gasteiger partial charge >= 0.3 is 0 Å². The van der Waals surface area contributed by atoms with Crippen LogP contribution >= 0.6 is 21.0 Å². The minimum Gasteiger partial charge on any atom is -0.393 e. The summed E-state index contributed by atoms with van der Waals surface area (Å²) in [5.74, 6) is 1.48.